The van der Waals surface area contributed by atoms with Gasteiger partial charge in [0.1, 0.15) is 13.2 Å². The van der Waals surface area contributed by atoms with E-state index in [9.17, 15) is 18.0 Å². The maximum atomic E-state index is 12.9. The van der Waals surface area contributed by atoms with Gasteiger partial charge in [0, 0.05) is 6.07 Å². The Hall–Kier alpha value is -3.56. The second-order valence-electron chi connectivity index (χ2n) is 6.69. The predicted molar refractivity (Wildman–Crippen MR) is 99.7 cm³/mol. The standard InChI is InChI=1S/C20H17F3N4O3/c1-12(13-3-2-4-14(9-13)20(21,22)23)24-19(28)16-11-27(26-25-16)15-5-6-17-18(10-15)30-8-7-29-17/h2-6,9-12H,7-8H2,1H3,(H,24,28)/t12-/m0/s1. The normalized spacial score (nSPS) is 14.3. The lowest BCUT2D eigenvalue weighted by molar-refractivity contribution is -0.137. The second-order valence-corrected chi connectivity index (χ2v) is 6.69. The smallest absolute Gasteiger partial charge is 0.416 e. The molecule has 1 aliphatic heterocycles. The van der Waals surface area contributed by atoms with Gasteiger partial charge in [0.05, 0.1) is 23.5 Å². The summed E-state index contributed by atoms with van der Waals surface area (Å²) in [5.41, 5.74) is 0.212. The summed E-state index contributed by atoms with van der Waals surface area (Å²) < 4.78 is 51.1. The third kappa shape index (κ3) is 4.07. The van der Waals surface area contributed by atoms with Crippen LogP contribution in [0.15, 0.2) is 48.7 Å². The number of benzene rings is 2. The highest BCUT2D eigenvalue weighted by molar-refractivity contribution is 5.92. The number of carbonyl (C=O) groups is 1. The third-order valence-electron chi connectivity index (χ3n) is 4.58. The summed E-state index contributed by atoms with van der Waals surface area (Å²) in [5, 5.41) is 10.4. The number of alkyl halides is 3. The number of nitrogens with one attached hydrogen (secondary N) is 1. The number of aromatic nitrogens is 3. The first-order valence-corrected chi connectivity index (χ1v) is 9.11. The molecule has 1 N–H and O–H groups in total. The molecule has 3 aromatic rings. The maximum absolute atomic E-state index is 12.9. The van der Waals surface area contributed by atoms with E-state index < -0.39 is 23.7 Å². The van der Waals surface area contributed by atoms with Crippen molar-refractivity contribution in [2.75, 3.05) is 13.2 Å². The van der Waals surface area contributed by atoms with Crippen molar-refractivity contribution in [1.29, 1.82) is 0 Å². The van der Waals surface area contributed by atoms with Crippen molar-refractivity contribution in [3.8, 4) is 17.2 Å². The highest BCUT2D eigenvalue weighted by Gasteiger charge is 2.30. The summed E-state index contributed by atoms with van der Waals surface area (Å²) in [6.07, 6.45) is -3.02. The fraction of sp³-hybridized carbons (Fsp3) is 0.250. The monoisotopic (exact) mass is 418 g/mol. The van der Waals surface area contributed by atoms with E-state index in [0.717, 1.165) is 12.1 Å². The molecule has 2 heterocycles. The van der Waals surface area contributed by atoms with Crippen LogP contribution in [0.2, 0.25) is 0 Å². The van der Waals surface area contributed by atoms with Crippen LogP contribution >= 0.6 is 0 Å². The summed E-state index contributed by atoms with van der Waals surface area (Å²) >= 11 is 0. The minimum Gasteiger partial charge on any atom is -0.486 e. The lowest BCUT2D eigenvalue weighted by Gasteiger charge is -2.18. The Labute approximate surface area is 169 Å². The molecule has 10 heteroatoms. The molecule has 7 nitrogen and oxygen atoms in total. The highest BCUT2D eigenvalue weighted by atomic mass is 19.4. The van der Waals surface area contributed by atoms with Gasteiger partial charge in [-0.05, 0) is 36.8 Å². The molecule has 1 atom stereocenters. The van der Waals surface area contributed by atoms with E-state index in [1.807, 2.05) is 0 Å². The van der Waals surface area contributed by atoms with Gasteiger partial charge in [-0.25, -0.2) is 4.68 Å². The van der Waals surface area contributed by atoms with Crippen LogP contribution in [0.25, 0.3) is 5.69 Å². The molecular formula is C20H17F3N4O3. The highest BCUT2D eigenvalue weighted by Crippen LogP contribution is 2.32. The summed E-state index contributed by atoms with van der Waals surface area (Å²) in [4.78, 5) is 12.5. The Morgan fingerprint density at radius 2 is 1.90 bits per heavy atom. The lowest BCUT2D eigenvalue weighted by Crippen LogP contribution is -2.27. The Kier molecular flexibility index (Phi) is 5.06. The molecule has 0 saturated heterocycles. The first-order chi connectivity index (χ1) is 14.3. The quantitative estimate of drug-likeness (QED) is 0.701. The van der Waals surface area contributed by atoms with Crippen LogP contribution in [0.5, 0.6) is 11.5 Å². The number of rotatable bonds is 4. The van der Waals surface area contributed by atoms with Crippen LogP contribution in [0.3, 0.4) is 0 Å². The largest absolute Gasteiger partial charge is 0.486 e. The van der Waals surface area contributed by atoms with Crippen molar-refractivity contribution < 1.29 is 27.4 Å². The molecule has 0 bridgehead atoms. The van der Waals surface area contributed by atoms with Gasteiger partial charge in [0.2, 0.25) is 0 Å². The second kappa shape index (κ2) is 7.69. The molecule has 4 rings (SSSR count). The summed E-state index contributed by atoms with van der Waals surface area (Å²) in [5.74, 6) is 0.639. The van der Waals surface area contributed by atoms with Crippen LogP contribution in [0.4, 0.5) is 13.2 Å². The Bertz CT molecular complexity index is 1080. The van der Waals surface area contributed by atoms with E-state index >= 15 is 0 Å². The molecule has 1 aromatic heterocycles. The van der Waals surface area contributed by atoms with Gasteiger partial charge in [-0.2, -0.15) is 13.2 Å². The molecule has 0 aliphatic carbocycles. The number of amides is 1. The molecule has 0 saturated carbocycles. The van der Waals surface area contributed by atoms with E-state index in [2.05, 4.69) is 15.6 Å². The molecule has 156 valence electrons. The molecule has 2 aromatic carbocycles. The van der Waals surface area contributed by atoms with Crippen molar-refractivity contribution in [3.05, 3.63) is 65.5 Å². The van der Waals surface area contributed by atoms with Gasteiger partial charge in [0.15, 0.2) is 17.2 Å². The van der Waals surface area contributed by atoms with Crippen LogP contribution in [0, 0.1) is 0 Å². The summed E-state index contributed by atoms with van der Waals surface area (Å²) in [6.45, 7) is 2.51. The topological polar surface area (TPSA) is 78.3 Å². The average molecular weight is 418 g/mol. The molecule has 0 spiro atoms. The number of hydrogen-bond acceptors (Lipinski definition) is 5. The van der Waals surface area contributed by atoms with Crippen LogP contribution in [0.1, 0.15) is 34.6 Å². The van der Waals surface area contributed by atoms with E-state index in [-0.39, 0.29) is 5.69 Å². The third-order valence-corrected chi connectivity index (χ3v) is 4.58. The molecule has 0 fully saturated rings. The Balaban J connectivity index is 1.48. The van der Waals surface area contributed by atoms with Crippen LogP contribution < -0.4 is 14.8 Å². The zero-order valence-corrected chi connectivity index (χ0v) is 15.8. The number of carbonyl (C=O) groups excluding carboxylic acids is 1. The first kappa shape index (κ1) is 19.7. The minimum atomic E-state index is -4.45. The predicted octanol–water partition coefficient (Wildman–Crippen LogP) is 3.55. The number of fused-ring (bicyclic) bond motifs is 1. The number of hydrogen-bond donors (Lipinski definition) is 1. The molecule has 1 amide bonds. The van der Waals surface area contributed by atoms with Crippen molar-refractivity contribution in [1.82, 2.24) is 20.3 Å². The van der Waals surface area contributed by atoms with Crippen LogP contribution in [-0.2, 0) is 6.18 Å². The van der Waals surface area contributed by atoms with E-state index in [1.54, 1.807) is 25.1 Å². The fourth-order valence-corrected chi connectivity index (χ4v) is 3.01. The van der Waals surface area contributed by atoms with Gasteiger partial charge < -0.3 is 14.8 Å². The van der Waals surface area contributed by atoms with Crippen molar-refractivity contribution >= 4 is 5.91 Å². The minimum absolute atomic E-state index is 0.0312. The van der Waals surface area contributed by atoms with Crippen LogP contribution in [-0.4, -0.2) is 34.1 Å². The van der Waals surface area contributed by atoms with Gasteiger partial charge in [-0.3, -0.25) is 4.79 Å². The zero-order chi connectivity index (χ0) is 21.3. The Morgan fingerprint density at radius 1 is 1.13 bits per heavy atom. The van der Waals surface area contributed by atoms with Crippen molar-refractivity contribution in [3.63, 3.8) is 0 Å². The Morgan fingerprint density at radius 3 is 2.67 bits per heavy atom. The van der Waals surface area contributed by atoms with Crippen molar-refractivity contribution in [2.45, 2.75) is 19.1 Å². The first-order valence-electron chi connectivity index (χ1n) is 9.11. The van der Waals surface area contributed by atoms with E-state index in [4.69, 9.17) is 9.47 Å². The molecule has 1 aliphatic rings. The van der Waals surface area contributed by atoms with Gasteiger partial charge in [-0.1, -0.05) is 17.3 Å². The van der Waals surface area contributed by atoms with Gasteiger partial charge in [0.25, 0.3) is 5.91 Å². The zero-order valence-electron chi connectivity index (χ0n) is 15.8. The van der Waals surface area contributed by atoms with E-state index in [0.29, 0.717) is 36.0 Å². The fourth-order valence-electron chi connectivity index (χ4n) is 3.01. The number of nitrogens with zero attached hydrogens (tertiary/aromatic N) is 3. The lowest BCUT2D eigenvalue weighted by atomic mass is 10.0. The summed E-state index contributed by atoms with van der Waals surface area (Å²) in [7, 11) is 0. The average Bonchev–Trinajstić information content (AvgIpc) is 3.23. The molecule has 0 radical (unpaired) electrons. The van der Waals surface area contributed by atoms with Gasteiger partial charge >= 0.3 is 6.18 Å². The number of ether oxygens (including phenoxy) is 2. The molecule has 30 heavy (non-hydrogen) atoms. The summed E-state index contributed by atoms with van der Waals surface area (Å²) in [6, 6.07) is 9.37. The van der Waals surface area contributed by atoms with Gasteiger partial charge in [-0.15, -0.1) is 5.10 Å². The van der Waals surface area contributed by atoms with Crippen molar-refractivity contribution in [2.24, 2.45) is 0 Å². The maximum Gasteiger partial charge on any atom is 0.416 e. The van der Waals surface area contributed by atoms with E-state index in [1.165, 1.54) is 23.0 Å². The SMILES string of the molecule is C[C@H](NC(=O)c1cn(-c2ccc3c(c2)OCCO3)nn1)c1cccc(C(F)(F)F)c1. The number of halogens is 3. The molecular weight excluding hydrogens is 401 g/mol. The molecule has 0 unspecified atom stereocenters.